The van der Waals surface area contributed by atoms with Crippen molar-refractivity contribution in [2.75, 3.05) is 6.54 Å². The SMILES string of the molecule is CC(C)(C)OC(=O)N1CCn2cc(C(=O)NCc3ccc(C(=O)NO)cc3)c3cccc(c32)C1. The van der Waals surface area contributed by atoms with Crippen LogP contribution in [0.4, 0.5) is 4.79 Å². The lowest BCUT2D eigenvalue weighted by Gasteiger charge is -2.26. The van der Waals surface area contributed by atoms with Crippen molar-refractivity contribution in [3.8, 4) is 0 Å². The van der Waals surface area contributed by atoms with Gasteiger partial charge in [-0.1, -0.05) is 30.3 Å². The molecule has 34 heavy (non-hydrogen) atoms. The van der Waals surface area contributed by atoms with Gasteiger partial charge in [0, 0.05) is 36.8 Å². The second-order valence-corrected chi connectivity index (χ2v) is 9.27. The minimum absolute atomic E-state index is 0.206. The minimum Gasteiger partial charge on any atom is -0.444 e. The van der Waals surface area contributed by atoms with Crippen molar-refractivity contribution in [3.63, 3.8) is 0 Å². The number of nitrogens with one attached hydrogen (secondary N) is 2. The van der Waals surface area contributed by atoms with E-state index >= 15 is 0 Å². The Hall–Kier alpha value is -3.85. The van der Waals surface area contributed by atoms with Gasteiger partial charge in [-0.2, -0.15) is 0 Å². The van der Waals surface area contributed by atoms with Crippen molar-refractivity contribution in [2.24, 2.45) is 0 Å². The second kappa shape index (κ2) is 9.18. The maximum atomic E-state index is 13.0. The van der Waals surface area contributed by atoms with Crippen LogP contribution in [0.2, 0.25) is 0 Å². The molecule has 178 valence electrons. The Morgan fingerprint density at radius 1 is 1.03 bits per heavy atom. The number of rotatable bonds is 4. The van der Waals surface area contributed by atoms with E-state index in [1.165, 1.54) is 0 Å². The zero-order valence-corrected chi connectivity index (χ0v) is 19.4. The van der Waals surface area contributed by atoms with Crippen LogP contribution in [0.3, 0.4) is 0 Å². The highest BCUT2D eigenvalue weighted by atomic mass is 16.6. The smallest absolute Gasteiger partial charge is 0.410 e. The van der Waals surface area contributed by atoms with Crippen LogP contribution >= 0.6 is 0 Å². The third-order valence-electron chi connectivity index (χ3n) is 5.62. The molecular weight excluding hydrogens is 436 g/mol. The first-order valence-corrected chi connectivity index (χ1v) is 11.1. The molecule has 0 unspecified atom stereocenters. The normalized spacial score (nSPS) is 13.4. The van der Waals surface area contributed by atoms with Crippen LogP contribution in [0.25, 0.3) is 10.9 Å². The number of carbonyl (C=O) groups excluding carboxylic acids is 3. The van der Waals surface area contributed by atoms with Crippen molar-refractivity contribution in [1.29, 1.82) is 0 Å². The zero-order valence-electron chi connectivity index (χ0n) is 19.4. The number of carbonyl (C=O) groups is 3. The summed E-state index contributed by atoms with van der Waals surface area (Å²) in [5, 5.41) is 12.5. The van der Waals surface area contributed by atoms with Gasteiger partial charge in [-0.05, 0) is 44.0 Å². The number of hydrogen-bond donors (Lipinski definition) is 3. The fourth-order valence-corrected chi connectivity index (χ4v) is 4.03. The van der Waals surface area contributed by atoms with Crippen LogP contribution in [0.5, 0.6) is 0 Å². The molecule has 1 aliphatic heterocycles. The van der Waals surface area contributed by atoms with E-state index in [0.29, 0.717) is 37.3 Å². The summed E-state index contributed by atoms with van der Waals surface area (Å²) in [7, 11) is 0. The van der Waals surface area contributed by atoms with Gasteiger partial charge in [-0.15, -0.1) is 0 Å². The molecule has 0 saturated carbocycles. The van der Waals surface area contributed by atoms with Gasteiger partial charge in [0.15, 0.2) is 0 Å². The number of para-hydroxylation sites is 1. The van der Waals surface area contributed by atoms with Gasteiger partial charge >= 0.3 is 6.09 Å². The molecular formula is C25H28N4O5. The molecule has 0 aliphatic carbocycles. The average molecular weight is 465 g/mol. The fourth-order valence-electron chi connectivity index (χ4n) is 4.03. The highest BCUT2D eigenvalue weighted by molar-refractivity contribution is 6.07. The summed E-state index contributed by atoms with van der Waals surface area (Å²) in [6, 6.07) is 12.4. The van der Waals surface area contributed by atoms with Crippen LogP contribution < -0.4 is 10.8 Å². The number of nitrogens with zero attached hydrogens (tertiary/aromatic N) is 2. The molecule has 9 heteroatoms. The Labute approximate surface area is 197 Å². The summed E-state index contributed by atoms with van der Waals surface area (Å²) < 4.78 is 7.57. The third-order valence-corrected chi connectivity index (χ3v) is 5.62. The quantitative estimate of drug-likeness (QED) is 0.404. The van der Waals surface area contributed by atoms with Crippen molar-refractivity contribution in [2.45, 2.75) is 46.0 Å². The Balaban J connectivity index is 1.51. The van der Waals surface area contributed by atoms with Crippen molar-refractivity contribution in [1.82, 2.24) is 20.3 Å². The molecule has 3 N–H and O–H groups in total. The first-order chi connectivity index (χ1) is 16.2. The average Bonchev–Trinajstić information content (AvgIpc) is 3.07. The Kier molecular flexibility index (Phi) is 6.30. The van der Waals surface area contributed by atoms with E-state index in [-0.39, 0.29) is 12.0 Å². The summed E-state index contributed by atoms with van der Waals surface area (Å²) in [4.78, 5) is 38.8. The molecule has 0 radical (unpaired) electrons. The lowest BCUT2D eigenvalue weighted by Crippen LogP contribution is -2.37. The molecule has 2 heterocycles. The predicted octanol–water partition coefficient (Wildman–Crippen LogP) is 3.44. The summed E-state index contributed by atoms with van der Waals surface area (Å²) >= 11 is 0. The zero-order chi connectivity index (χ0) is 24.5. The number of amides is 3. The molecule has 2 aromatic carbocycles. The highest BCUT2D eigenvalue weighted by Gasteiger charge is 2.27. The molecule has 0 atom stereocenters. The van der Waals surface area contributed by atoms with Crippen LogP contribution in [0, 0.1) is 0 Å². The van der Waals surface area contributed by atoms with Gasteiger partial charge in [0.05, 0.1) is 17.6 Å². The van der Waals surface area contributed by atoms with Crippen molar-refractivity contribution < 1.29 is 24.3 Å². The molecule has 3 amide bonds. The molecule has 0 fully saturated rings. The monoisotopic (exact) mass is 464 g/mol. The standard InChI is InChI=1S/C25H28N4O5/c1-25(2,3)34-24(32)29-12-11-28-15-20(19-6-4-5-18(14-29)21(19)28)23(31)26-13-16-7-9-17(10-8-16)22(30)27-33/h4-10,15,33H,11-14H2,1-3H3,(H,26,31)(H,27,30). The highest BCUT2D eigenvalue weighted by Crippen LogP contribution is 2.28. The van der Waals surface area contributed by atoms with Gasteiger partial charge in [-0.25, -0.2) is 10.3 Å². The number of benzene rings is 2. The minimum atomic E-state index is -0.592. The van der Waals surface area contributed by atoms with E-state index < -0.39 is 11.5 Å². The Morgan fingerprint density at radius 2 is 1.76 bits per heavy atom. The molecule has 1 aromatic heterocycles. The van der Waals surface area contributed by atoms with E-state index in [2.05, 4.69) is 5.32 Å². The van der Waals surface area contributed by atoms with Crippen LogP contribution in [-0.2, 0) is 24.4 Å². The van der Waals surface area contributed by atoms with E-state index in [1.807, 2.05) is 49.7 Å². The summed E-state index contributed by atoms with van der Waals surface area (Å²) in [6.45, 7) is 7.26. The van der Waals surface area contributed by atoms with E-state index in [0.717, 1.165) is 22.0 Å². The van der Waals surface area contributed by atoms with Crippen LogP contribution in [0.1, 0.15) is 52.6 Å². The summed E-state index contributed by atoms with van der Waals surface area (Å²) in [5.74, 6) is -0.798. The number of aromatic nitrogens is 1. The van der Waals surface area contributed by atoms with Gasteiger partial charge in [0.25, 0.3) is 11.8 Å². The first-order valence-electron chi connectivity index (χ1n) is 11.1. The Morgan fingerprint density at radius 3 is 2.44 bits per heavy atom. The number of hydrogen-bond acceptors (Lipinski definition) is 5. The predicted molar refractivity (Wildman–Crippen MR) is 125 cm³/mol. The molecule has 1 aliphatic rings. The van der Waals surface area contributed by atoms with E-state index in [9.17, 15) is 14.4 Å². The lowest BCUT2D eigenvalue weighted by atomic mass is 10.1. The van der Waals surface area contributed by atoms with Gasteiger partial charge in [0.2, 0.25) is 0 Å². The maximum Gasteiger partial charge on any atom is 0.410 e. The van der Waals surface area contributed by atoms with Crippen molar-refractivity contribution >= 4 is 28.8 Å². The van der Waals surface area contributed by atoms with Crippen LogP contribution in [0.15, 0.2) is 48.7 Å². The second-order valence-electron chi connectivity index (χ2n) is 9.27. The molecule has 4 rings (SSSR count). The van der Waals surface area contributed by atoms with Crippen molar-refractivity contribution in [3.05, 3.63) is 70.9 Å². The summed E-state index contributed by atoms with van der Waals surface area (Å²) in [5.41, 5.74) is 4.63. The molecule has 0 bridgehead atoms. The molecule has 0 spiro atoms. The lowest BCUT2D eigenvalue weighted by molar-refractivity contribution is 0.0232. The molecule has 0 saturated heterocycles. The topological polar surface area (TPSA) is 113 Å². The number of ether oxygens (including phenoxy) is 1. The third kappa shape index (κ3) is 4.89. The van der Waals surface area contributed by atoms with E-state index in [4.69, 9.17) is 9.94 Å². The Bertz CT molecular complexity index is 1240. The molecule has 3 aromatic rings. The summed E-state index contributed by atoms with van der Waals surface area (Å²) in [6.07, 6.45) is 1.48. The molecule has 9 nitrogen and oxygen atoms in total. The van der Waals surface area contributed by atoms with Crippen LogP contribution in [-0.4, -0.2) is 44.7 Å². The van der Waals surface area contributed by atoms with Gasteiger partial charge in [-0.3, -0.25) is 14.8 Å². The largest absolute Gasteiger partial charge is 0.444 e. The van der Waals surface area contributed by atoms with E-state index in [1.54, 1.807) is 34.6 Å². The van der Waals surface area contributed by atoms with Gasteiger partial charge < -0.3 is 19.5 Å². The maximum absolute atomic E-state index is 13.0. The van der Waals surface area contributed by atoms with Gasteiger partial charge in [0.1, 0.15) is 5.60 Å². The first kappa shape index (κ1) is 23.3. The number of hydroxylamine groups is 1. The fraction of sp³-hybridized carbons (Fsp3) is 0.320.